The Hall–Kier alpha value is -3.11. The van der Waals surface area contributed by atoms with Gasteiger partial charge in [0.05, 0.1) is 0 Å². The van der Waals surface area contributed by atoms with Crippen LogP contribution < -0.4 is 5.32 Å². The Morgan fingerprint density at radius 3 is 1.97 bits per heavy atom. The van der Waals surface area contributed by atoms with Gasteiger partial charge < -0.3 is 10.2 Å². The third-order valence-electron chi connectivity index (χ3n) is 7.39. The lowest BCUT2D eigenvalue weighted by Crippen LogP contribution is -2.51. The van der Waals surface area contributed by atoms with Crippen molar-refractivity contribution < 1.29 is 9.59 Å². The van der Waals surface area contributed by atoms with Crippen molar-refractivity contribution >= 4 is 23.4 Å². The topological polar surface area (TPSA) is 49.4 Å². The fourth-order valence-corrected chi connectivity index (χ4v) is 5.47. The van der Waals surface area contributed by atoms with Crippen molar-refractivity contribution in [2.75, 3.05) is 0 Å². The SMILES string of the molecule is CCC(C(=O)NC1CCCCC1)N(Cc1ccc(Cl)cc1)C(=O)CC(c1ccccc1)c1ccccc1. The van der Waals surface area contributed by atoms with Crippen LogP contribution in [-0.4, -0.2) is 28.8 Å². The van der Waals surface area contributed by atoms with Crippen LogP contribution in [0.5, 0.6) is 0 Å². The molecule has 0 bridgehead atoms. The highest BCUT2D eigenvalue weighted by Crippen LogP contribution is 2.30. The van der Waals surface area contributed by atoms with Crippen molar-refractivity contribution in [1.29, 1.82) is 0 Å². The first-order valence-corrected chi connectivity index (χ1v) is 13.9. The summed E-state index contributed by atoms with van der Waals surface area (Å²) in [7, 11) is 0. The molecule has 37 heavy (non-hydrogen) atoms. The molecule has 1 unspecified atom stereocenters. The van der Waals surface area contributed by atoms with E-state index in [-0.39, 0.29) is 30.2 Å². The van der Waals surface area contributed by atoms with E-state index < -0.39 is 6.04 Å². The fraction of sp³-hybridized carbons (Fsp3) is 0.375. The van der Waals surface area contributed by atoms with Gasteiger partial charge in [0, 0.05) is 29.9 Å². The van der Waals surface area contributed by atoms with Gasteiger partial charge in [-0.3, -0.25) is 9.59 Å². The number of carbonyl (C=O) groups excluding carboxylic acids is 2. The Balaban J connectivity index is 1.61. The number of hydrogen-bond donors (Lipinski definition) is 1. The second-order valence-electron chi connectivity index (χ2n) is 9.99. The van der Waals surface area contributed by atoms with Gasteiger partial charge in [0.2, 0.25) is 11.8 Å². The Morgan fingerprint density at radius 1 is 0.865 bits per heavy atom. The lowest BCUT2D eigenvalue weighted by atomic mass is 9.88. The quantitative estimate of drug-likeness (QED) is 0.312. The largest absolute Gasteiger partial charge is 0.352 e. The van der Waals surface area contributed by atoms with Crippen LogP contribution in [0.15, 0.2) is 84.9 Å². The molecule has 0 saturated heterocycles. The van der Waals surface area contributed by atoms with Crippen molar-refractivity contribution in [2.24, 2.45) is 0 Å². The lowest BCUT2D eigenvalue weighted by Gasteiger charge is -2.34. The summed E-state index contributed by atoms with van der Waals surface area (Å²) in [5, 5.41) is 3.91. The number of carbonyl (C=O) groups is 2. The summed E-state index contributed by atoms with van der Waals surface area (Å²) in [5.74, 6) is -0.174. The zero-order valence-corrected chi connectivity index (χ0v) is 22.4. The minimum Gasteiger partial charge on any atom is -0.352 e. The molecule has 0 aliphatic heterocycles. The Labute approximate surface area is 226 Å². The van der Waals surface area contributed by atoms with Gasteiger partial charge in [0.25, 0.3) is 0 Å². The van der Waals surface area contributed by atoms with Gasteiger partial charge in [-0.15, -0.1) is 0 Å². The zero-order valence-electron chi connectivity index (χ0n) is 21.6. The molecule has 0 aromatic heterocycles. The highest BCUT2D eigenvalue weighted by molar-refractivity contribution is 6.30. The van der Waals surface area contributed by atoms with Crippen LogP contribution in [-0.2, 0) is 16.1 Å². The number of halogens is 1. The number of nitrogens with one attached hydrogen (secondary N) is 1. The van der Waals surface area contributed by atoms with E-state index in [1.54, 1.807) is 4.90 Å². The molecule has 0 radical (unpaired) electrons. The van der Waals surface area contributed by atoms with Crippen LogP contribution >= 0.6 is 11.6 Å². The molecule has 4 rings (SSSR count). The molecule has 194 valence electrons. The first-order chi connectivity index (χ1) is 18.0. The van der Waals surface area contributed by atoms with Gasteiger partial charge in [-0.2, -0.15) is 0 Å². The zero-order chi connectivity index (χ0) is 26.0. The van der Waals surface area contributed by atoms with Gasteiger partial charge in [-0.25, -0.2) is 0 Å². The molecule has 0 spiro atoms. The molecule has 1 saturated carbocycles. The van der Waals surface area contributed by atoms with E-state index in [9.17, 15) is 9.59 Å². The third-order valence-corrected chi connectivity index (χ3v) is 7.64. The fourth-order valence-electron chi connectivity index (χ4n) is 5.34. The van der Waals surface area contributed by atoms with E-state index in [0.29, 0.717) is 18.0 Å². The van der Waals surface area contributed by atoms with Gasteiger partial charge in [-0.05, 0) is 48.1 Å². The maximum atomic E-state index is 14.1. The highest BCUT2D eigenvalue weighted by atomic mass is 35.5. The van der Waals surface area contributed by atoms with Crippen LogP contribution in [0.2, 0.25) is 5.02 Å². The normalized spacial score (nSPS) is 14.8. The minimum atomic E-state index is -0.530. The first-order valence-electron chi connectivity index (χ1n) is 13.5. The van der Waals surface area contributed by atoms with E-state index >= 15 is 0 Å². The highest BCUT2D eigenvalue weighted by Gasteiger charge is 2.32. The average Bonchev–Trinajstić information content (AvgIpc) is 2.94. The third kappa shape index (κ3) is 7.45. The number of amides is 2. The predicted molar refractivity (Wildman–Crippen MR) is 150 cm³/mol. The van der Waals surface area contributed by atoms with Crippen molar-refractivity contribution in [3.63, 3.8) is 0 Å². The van der Waals surface area contributed by atoms with E-state index in [1.807, 2.05) is 67.6 Å². The molecule has 5 heteroatoms. The molecular formula is C32H37ClN2O2. The summed E-state index contributed by atoms with van der Waals surface area (Å²) in [6, 6.07) is 27.5. The van der Waals surface area contributed by atoms with Gasteiger partial charge in [0.1, 0.15) is 6.04 Å². The standard InChI is InChI=1S/C32H37ClN2O2/c1-2-30(32(37)34-28-16-10-5-11-17-28)35(23-24-18-20-27(33)21-19-24)31(36)22-29(25-12-6-3-7-13-25)26-14-8-4-9-15-26/h3-4,6-9,12-15,18-21,28-30H,2,5,10-11,16-17,22-23H2,1H3,(H,34,37). The van der Waals surface area contributed by atoms with Crippen LogP contribution in [0.1, 0.15) is 74.5 Å². The summed E-state index contributed by atoms with van der Waals surface area (Å²) in [4.78, 5) is 29.4. The number of benzene rings is 3. The number of rotatable bonds is 10. The average molecular weight is 517 g/mol. The van der Waals surface area contributed by atoms with Crippen molar-refractivity contribution in [1.82, 2.24) is 10.2 Å². The lowest BCUT2D eigenvalue weighted by molar-refractivity contribution is -0.142. The number of hydrogen-bond acceptors (Lipinski definition) is 2. The Bertz CT molecular complexity index is 1090. The van der Waals surface area contributed by atoms with Crippen LogP contribution in [0.4, 0.5) is 0 Å². The molecule has 1 atom stereocenters. The monoisotopic (exact) mass is 516 g/mol. The van der Waals surface area contributed by atoms with Crippen molar-refractivity contribution in [3.8, 4) is 0 Å². The van der Waals surface area contributed by atoms with Crippen LogP contribution in [0.25, 0.3) is 0 Å². The summed E-state index contributed by atoms with van der Waals surface area (Å²) < 4.78 is 0. The Kier molecular flexibility index (Phi) is 9.78. The minimum absolute atomic E-state index is 0.0294. The molecule has 2 amide bonds. The van der Waals surface area contributed by atoms with Crippen molar-refractivity contribution in [2.45, 2.75) is 76.4 Å². The molecule has 4 nitrogen and oxygen atoms in total. The summed E-state index contributed by atoms with van der Waals surface area (Å²) in [6.07, 6.45) is 6.38. The van der Waals surface area contributed by atoms with E-state index in [0.717, 1.165) is 42.4 Å². The second kappa shape index (κ2) is 13.4. The maximum absolute atomic E-state index is 14.1. The molecular weight excluding hydrogens is 480 g/mol. The molecule has 3 aromatic carbocycles. The smallest absolute Gasteiger partial charge is 0.243 e. The van der Waals surface area contributed by atoms with Gasteiger partial charge in [0.15, 0.2) is 0 Å². The Morgan fingerprint density at radius 2 is 1.43 bits per heavy atom. The second-order valence-corrected chi connectivity index (χ2v) is 10.4. The van der Waals surface area contributed by atoms with Gasteiger partial charge >= 0.3 is 0 Å². The summed E-state index contributed by atoms with van der Waals surface area (Å²) >= 11 is 6.12. The molecule has 1 N–H and O–H groups in total. The molecule has 1 fully saturated rings. The summed E-state index contributed by atoms with van der Waals surface area (Å²) in [5.41, 5.74) is 3.14. The van der Waals surface area contributed by atoms with E-state index in [4.69, 9.17) is 11.6 Å². The van der Waals surface area contributed by atoms with Gasteiger partial charge in [-0.1, -0.05) is 111 Å². The van der Waals surface area contributed by atoms with E-state index in [2.05, 4.69) is 29.6 Å². The molecule has 1 aliphatic rings. The summed E-state index contributed by atoms with van der Waals surface area (Å²) in [6.45, 7) is 2.35. The van der Waals surface area contributed by atoms with Crippen LogP contribution in [0.3, 0.4) is 0 Å². The predicted octanol–water partition coefficient (Wildman–Crippen LogP) is 7.12. The molecule has 0 heterocycles. The van der Waals surface area contributed by atoms with E-state index in [1.165, 1.54) is 6.42 Å². The van der Waals surface area contributed by atoms with Crippen LogP contribution in [0, 0.1) is 0 Å². The first kappa shape index (κ1) is 26.9. The van der Waals surface area contributed by atoms with Crippen molar-refractivity contribution in [3.05, 3.63) is 107 Å². The maximum Gasteiger partial charge on any atom is 0.243 e. The number of nitrogens with zero attached hydrogens (tertiary/aromatic N) is 1. The molecule has 3 aromatic rings. The molecule has 1 aliphatic carbocycles.